The molecule has 1 atom stereocenters. The molecule has 0 aromatic heterocycles. The van der Waals surface area contributed by atoms with Crippen molar-refractivity contribution in [2.45, 2.75) is 25.2 Å². The number of sulfone groups is 1. The fourth-order valence-corrected chi connectivity index (χ4v) is 1.95. The van der Waals surface area contributed by atoms with Crippen LogP contribution in [-0.2, 0) is 9.84 Å². The monoisotopic (exact) mass is 259 g/mol. The van der Waals surface area contributed by atoms with Gasteiger partial charge in [-0.05, 0) is 24.1 Å². The molecule has 0 saturated heterocycles. The van der Waals surface area contributed by atoms with Gasteiger partial charge >= 0.3 is 0 Å². The highest BCUT2D eigenvalue weighted by atomic mass is 32.2. The number of hydrogen-bond acceptors (Lipinski definition) is 3. The van der Waals surface area contributed by atoms with Crippen LogP contribution in [0.5, 0.6) is 0 Å². The lowest BCUT2D eigenvalue weighted by Gasteiger charge is -2.12. The Morgan fingerprint density at radius 3 is 2.59 bits per heavy atom. The lowest BCUT2D eigenvalue weighted by molar-refractivity contribution is 0.584. The molecule has 0 radical (unpaired) electrons. The normalized spacial score (nSPS) is 13.4. The number of hydrogen-bond donors (Lipinski definition) is 1. The maximum atomic E-state index is 13.5. The van der Waals surface area contributed by atoms with E-state index < -0.39 is 15.7 Å². The van der Waals surface area contributed by atoms with Crippen LogP contribution in [-0.4, -0.2) is 21.2 Å². The minimum Gasteiger partial charge on any atom is -0.382 e. The number of halogens is 1. The Hall–Kier alpha value is -1.10. The van der Waals surface area contributed by atoms with E-state index in [4.69, 9.17) is 0 Å². The van der Waals surface area contributed by atoms with Gasteiger partial charge in [-0.15, -0.1) is 0 Å². The van der Waals surface area contributed by atoms with Crippen LogP contribution < -0.4 is 5.32 Å². The molecule has 96 valence electrons. The summed E-state index contributed by atoms with van der Waals surface area (Å²) in [5, 5.41) is 2.94. The summed E-state index contributed by atoms with van der Waals surface area (Å²) in [6, 6.07) is 3.79. The lowest BCUT2D eigenvalue weighted by atomic mass is 10.1. The third-order valence-corrected chi connectivity index (χ3v) is 3.81. The van der Waals surface area contributed by atoms with E-state index in [1.807, 2.05) is 6.92 Å². The molecule has 0 bridgehead atoms. The van der Waals surface area contributed by atoms with E-state index >= 15 is 0 Å². The third-order valence-electron chi connectivity index (χ3n) is 2.70. The summed E-state index contributed by atoms with van der Waals surface area (Å²) in [7, 11) is -3.29. The quantitative estimate of drug-likeness (QED) is 0.827. The minimum absolute atomic E-state index is 0.130. The Morgan fingerprint density at radius 1 is 1.41 bits per heavy atom. The highest BCUT2D eigenvalue weighted by Crippen LogP contribution is 2.20. The van der Waals surface area contributed by atoms with Crippen molar-refractivity contribution in [3.05, 3.63) is 24.0 Å². The largest absolute Gasteiger partial charge is 0.382 e. The van der Waals surface area contributed by atoms with Gasteiger partial charge in [0, 0.05) is 12.8 Å². The van der Waals surface area contributed by atoms with Crippen molar-refractivity contribution in [1.82, 2.24) is 0 Å². The van der Waals surface area contributed by atoms with Crippen LogP contribution in [0, 0.1) is 11.7 Å². The highest BCUT2D eigenvalue weighted by molar-refractivity contribution is 7.90. The zero-order valence-electron chi connectivity index (χ0n) is 10.3. The van der Waals surface area contributed by atoms with Crippen molar-refractivity contribution in [1.29, 1.82) is 0 Å². The molecule has 0 saturated carbocycles. The zero-order chi connectivity index (χ0) is 13.1. The van der Waals surface area contributed by atoms with Crippen LogP contribution in [0.4, 0.5) is 10.1 Å². The van der Waals surface area contributed by atoms with E-state index in [9.17, 15) is 12.8 Å². The first-order valence-corrected chi connectivity index (χ1v) is 7.47. The molecule has 5 heteroatoms. The molecule has 1 rings (SSSR count). The molecule has 17 heavy (non-hydrogen) atoms. The number of rotatable bonds is 5. The van der Waals surface area contributed by atoms with Crippen LogP contribution in [0.25, 0.3) is 0 Å². The Balaban J connectivity index is 2.92. The van der Waals surface area contributed by atoms with Gasteiger partial charge in [0.15, 0.2) is 9.84 Å². The van der Waals surface area contributed by atoms with Crippen molar-refractivity contribution < 1.29 is 12.8 Å². The summed E-state index contributed by atoms with van der Waals surface area (Å²) in [5.74, 6) is -0.0167. The smallest absolute Gasteiger partial charge is 0.175 e. The van der Waals surface area contributed by atoms with E-state index in [0.717, 1.165) is 12.7 Å². The van der Waals surface area contributed by atoms with E-state index in [0.29, 0.717) is 12.5 Å². The average molecular weight is 259 g/mol. The van der Waals surface area contributed by atoms with Gasteiger partial charge in [-0.1, -0.05) is 20.3 Å². The zero-order valence-corrected chi connectivity index (χ0v) is 11.1. The molecule has 0 aliphatic heterocycles. The number of nitrogens with one attached hydrogen (secondary N) is 1. The van der Waals surface area contributed by atoms with Gasteiger partial charge in [-0.3, -0.25) is 0 Å². The average Bonchev–Trinajstić information content (AvgIpc) is 2.26. The second-order valence-electron chi connectivity index (χ2n) is 4.31. The molecule has 1 aromatic rings. The first kappa shape index (κ1) is 14.0. The maximum Gasteiger partial charge on any atom is 0.175 e. The molecule has 1 unspecified atom stereocenters. The van der Waals surface area contributed by atoms with Crippen LogP contribution in [0.1, 0.15) is 20.3 Å². The molecule has 1 N–H and O–H groups in total. The second kappa shape index (κ2) is 5.49. The van der Waals surface area contributed by atoms with Gasteiger partial charge in [0.25, 0.3) is 0 Å². The van der Waals surface area contributed by atoms with Gasteiger partial charge in [0.05, 0.1) is 10.6 Å². The summed E-state index contributed by atoms with van der Waals surface area (Å²) < 4.78 is 36.1. The molecule has 0 aliphatic carbocycles. The molecular formula is C12H18FNO2S. The highest BCUT2D eigenvalue weighted by Gasteiger charge is 2.11. The Labute approximate surface area is 102 Å². The van der Waals surface area contributed by atoms with Crippen LogP contribution in [0.3, 0.4) is 0 Å². The molecule has 0 heterocycles. The number of anilines is 1. The van der Waals surface area contributed by atoms with Crippen molar-refractivity contribution in [3.8, 4) is 0 Å². The predicted octanol–water partition coefficient (Wildman–Crippen LogP) is 2.69. The Bertz CT molecular complexity index is 485. The summed E-state index contributed by atoms with van der Waals surface area (Å²) >= 11 is 0. The van der Waals surface area contributed by atoms with Gasteiger partial charge in [-0.2, -0.15) is 0 Å². The summed E-state index contributed by atoms with van der Waals surface area (Å²) in [6.07, 6.45) is 2.10. The van der Waals surface area contributed by atoms with Crippen LogP contribution in [0.15, 0.2) is 23.1 Å². The SMILES string of the molecule is CCC(C)CNc1cc(S(C)(=O)=O)ccc1F. The van der Waals surface area contributed by atoms with E-state index in [1.165, 1.54) is 18.2 Å². The molecule has 3 nitrogen and oxygen atoms in total. The fourth-order valence-electron chi connectivity index (χ4n) is 1.30. The first-order valence-electron chi connectivity index (χ1n) is 5.58. The van der Waals surface area contributed by atoms with Crippen molar-refractivity contribution in [2.24, 2.45) is 5.92 Å². The minimum atomic E-state index is -3.29. The maximum absolute atomic E-state index is 13.5. The van der Waals surface area contributed by atoms with Crippen molar-refractivity contribution in [3.63, 3.8) is 0 Å². The van der Waals surface area contributed by atoms with Crippen LogP contribution in [0.2, 0.25) is 0 Å². The standard InChI is InChI=1S/C12H18FNO2S/c1-4-9(2)8-14-12-7-10(17(3,15)16)5-6-11(12)13/h5-7,9,14H,4,8H2,1-3H3. The molecule has 1 aromatic carbocycles. The third kappa shape index (κ3) is 4.00. The van der Waals surface area contributed by atoms with Crippen molar-refractivity contribution in [2.75, 3.05) is 18.1 Å². The van der Waals surface area contributed by atoms with Gasteiger partial charge in [-0.25, -0.2) is 12.8 Å². The van der Waals surface area contributed by atoms with Crippen LogP contribution >= 0.6 is 0 Å². The van der Waals surface area contributed by atoms with Gasteiger partial charge < -0.3 is 5.32 Å². The van der Waals surface area contributed by atoms with E-state index in [2.05, 4.69) is 12.2 Å². The molecule has 0 amide bonds. The second-order valence-corrected chi connectivity index (χ2v) is 6.32. The van der Waals surface area contributed by atoms with Gasteiger partial charge in [0.1, 0.15) is 5.82 Å². The Morgan fingerprint density at radius 2 is 2.06 bits per heavy atom. The molecule has 0 aliphatic rings. The predicted molar refractivity (Wildman–Crippen MR) is 67.5 cm³/mol. The lowest BCUT2D eigenvalue weighted by Crippen LogP contribution is -2.12. The molecular weight excluding hydrogens is 241 g/mol. The summed E-state index contributed by atoms with van der Waals surface area (Å²) in [5.41, 5.74) is 0.244. The Kier molecular flexibility index (Phi) is 4.51. The molecule has 0 fully saturated rings. The van der Waals surface area contributed by atoms with Gasteiger partial charge in [0.2, 0.25) is 0 Å². The van der Waals surface area contributed by atoms with E-state index in [1.54, 1.807) is 0 Å². The summed E-state index contributed by atoms with van der Waals surface area (Å²) in [6.45, 7) is 4.72. The first-order chi connectivity index (χ1) is 7.84. The fraction of sp³-hybridized carbons (Fsp3) is 0.500. The summed E-state index contributed by atoms with van der Waals surface area (Å²) in [4.78, 5) is 0.130. The molecule has 0 spiro atoms. The van der Waals surface area contributed by atoms with Crippen molar-refractivity contribution >= 4 is 15.5 Å². The van der Waals surface area contributed by atoms with E-state index in [-0.39, 0.29) is 10.6 Å². The topological polar surface area (TPSA) is 46.2 Å². The number of benzene rings is 1.